The van der Waals surface area contributed by atoms with Gasteiger partial charge in [-0.1, -0.05) is 17.7 Å². The van der Waals surface area contributed by atoms with Gasteiger partial charge in [-0.25, -0.2) is 8.78 Å². The Morgan fingerprint density at radius 3 is 2.54 bits per heavy atom. The Hall–Kier alpha value is -2.60. The lowest BCUT2D eigenvalue weighted by molar-refractivity contribution is -0.125. The van der Waals surface area contributed by atoms with E-state index in [9.17, 15) is 13.6 Å². The van der Waals surface area contributed by atoms with Crippen LogP contribution >= 0.6 is 11.6 Å². The number of benzene rings is 2. The Kier molecular flexibility index (Phi) is 6.58. The average molecular weight is 382 g/mol. The fraction of sp³-hybridized carbons (Fsp3) is 0.211. The standard InChI is InChI=1S/C19H18ClF2NO3/c1-23(11-13-5-6-14(21)10-16(13)22)18(24)7-4-12-8-15(20)19(26-3)17(9-12)25-2/h4-10H,11H2,1-3H3/b7-4+. The summed E-state index contributed by atoms with van der Waals surface area (Å²) in [5, 5.41) is 0.348. The molecule has 0 fully saturated rings. The summed E-state index contributed by atoms with van der Waals surface area (Å²) in [6.07, 6.45) is 2.90. The molecule has 0 heterocycles. The molecule has 0 aliphatic heterocycles. The third-order valence-corrected chi connectivity index (χ3v) is 3.95. The van der Waals surface area contributed by atoms with E-state index in [2.05, 4.69) is 0 Å². The van der Waals surface area contributed by atoms with Crippen molar-refractivity contribution in [3.63, 3.8) is 0 Å². The van der Waals surface area contributed by atoms with Crippen LogP contribution in [0.15, 0.2) is 36.4 Å². The average Bonchev–Trinajstić information content (AvgIpc) is 2.61. The molecule has 2 aromatic carbocycles. The van der Waals surface area contributed by atoms with Crippen molar-refractivity contribution in [3.05, 3.63) is 64.2 Å². The molecule has 0 aliphatic carbocycles. The summed E-state index contributed by atoms with van der Waals surface area (Å²) >= 11 is 6.12. The van der Waals surface area contributed by atoms with E-state index in [4.69, 9.17) is 21.1 Å². The third kappa shape index (κ3) is 4.73. The number of likely N-dealkylation sites (N-methyl/N-ethyl adjacent to an activating group) is 1. The van der Waals surface area contributed by atoms with E-state index < -0.39 is 11.6 Å². The first-order chi connectivity index (χ1) is 12.3. The third-order valence-electron chi connectivity index (χ3n) is 3.67. The van der Waals surface area contributed by atoms with Crippen LogP contribution in [0.4, 0.5) is 8.78 Å². The van der Waals surface area contributed by atoms with Crippen LogP contribution < -0.4 is 9.47 Å². The van der Waals surface area contributed by atoms with E-state index >= 15 is 0 Å². The van der Waals surface area contributed by atoms with Gasteiger partial charge in [0, 0.05) is 31.3 Å². The van der Waals surface area contributed by atoms with E-state index in [0.29, 0.717) is 22.1 Å². The SMILES string of the molecule is COc1cc(/C=C/C(=O)N(C)Cc2ccc(F)cc2F)cc(Cl)c1OC. The van der Waals surface area contributed by atoms with Crippen molar-refractivity contribution >= 4 is 23.6 Å². The topological polar surface area (TPSA) is 38.8 Å². The van der Waals surface area contributed by atoms with Crippen LogP contribution in [-0.2, 0) is 11.3 Å². The van der Waals surface area contributed by atoms with Crippen LogP contribution in [0, 0.1) is 11.6 Å². The van der Waals surface area contributed by atoms with E-state index in [1.807, 2.05) is 0 Å². The molecule has 2 rings (SSSR count). The van der Waals surface area contributed by atoms with Crippen molar-refractivity contribution in [1.82, 2.24) is 4.90 Å². The number of methoxy groups -OCH3 is 2. The number of rotatable bonds is 6. The van der Waals surface area contributed by atoms with Crippen LogP contribution in [0.3, 0.4) is 0 Å². The first kappa shape index (κ1) is 19.7. The predicted octanol–water partition coefficient (Wildman–Crippen LogP) is 4.31. The zero-order valence-corrected chi connectivity index (χ0v) is 15.3. The lowest BCUT2D eigenvalue weighted by Crippen LogP contribution is -2.24. The minimum atomic E-state index is -0.694. The molecule has 7 heteroatoms. The maximum absolute atomic E-state index is 13.7. The smallest absolute Gasteiger partial charge is 0.246 e. The molecular weight excluding hydrogens is 364 g/mol. The summed E-state index contributed by atoms with van der Waals surface area (Å²) in [6, 6.07) is 6.56. The van der Waals surface area contributed by atoms with Crippen molar-refractivity contribution in [1.29, 1.82) is 0 Å². The number of hydrogen-bond donors (Lipinski definition) is 0. The van der Waals surface area contributed by atoms with Crippen molar-refractivity contribution < 1.29 is 23.0 Å². The molecule has 138 valence electrons. The largest absolute Gasteiger partial charge is 0.493 e. The molecule has 26 heavy (non-hydrogen) atoms. The van der Waals surface area contributed by atoms with Crippen LogP contribution in [0.25, 0.3) is 6.08 Å². The molecule has 0 radical (unpaired) electrons. The highest BCUT2D eigenvalue weighted by Crippen LogP contribution is 2.36. The minimum absolute atomic E-state index is 0.0158. The quantitative estimate of drug-likeness (QED) is 0.700. The van der Waals surface area contributed by atoms with Crippen LogP contribution in [-0.4, -0.2) is 32.1 Å². The molecule has 0 atom stereocenters. The van der Waals surface area contributed by atoms with E-state index in [1.54, 1.807) is 18.2 Å². The predicted molar refractivity (Wildman–Crippen MR) is 96.4 cm³/mol. The van der Waals surface area contributed by atoms with Crippen molar-refractivity contribution in [3.8, 4) is 11.5 Å². The molecule has 0 saturated carbocycles. The molecule has 0 aliphatic rings. The maximum Gasteiger partial charge on any atom is 0.246 e. The van der Waals surface area contributed by atoms with Gasteiger partial charge in [0.1, 0.15) is 11.6 Å². The van der Waals surface area contributed by atoms with Gasteiger partial charge in [0.05, 0.1) is 19.2 Å². The van der Waals surface area contributed by atoms with Gasteiger partial charge in [-0.15, -0.1) is 0 Å². The number of amides is 1. The Labute approximate surface area is 155 Å². The van der Waals surface area contributed by atoms with Crippen LogP contribution in [0.5, 0.6) is 11.5 Å². The summed E-state index contributed by atoms with van der Waals surface area (Å²) in [7, 11) is 4.49. The summed E-state index contributed by atoms with van der Waals surface area (Å²) < 4.78 is 37.0. The van der Waals surface area contributed by atoms with E-state index in [0.717, 1.165) is 12.1 Å². The zero-order valence-electron chi connectivity index (χ0n) is 14.6. The van der Waals surface area contributed by atoms with E-state index in [-0.39, 0.29) is 18.0 Å². The second kappa shape index (κ2) is 8.67. The Balaban J connectivity index is 2.12. The van der Waals surface area contributed by atoms with Gasteiger partial charge in [-0.2, -0.15) is 0 Å². The molecule has 0 unspecified atom stereocenters. The van der Waals surface area contributed by atoms with Gasteiger partial charge in [-0.05, 0) is 29.8 Å². The zero-order chi connectivity index (χ0) is 19.3. The summed E-state index contributed by atoms with van der Waals surface area (Å²) in [4.78, 5) is 13.5. The highest BCUT2D eigenvalue weighted by Gasteiger charge is 2.12. The monoisotopic (exact) mass is 381 g/mol. The first-order valence-electron chi connectivity index (χ1n) is 7.64. The number of nitrogens with zero attached hydrogens (tertiary/aromatic N) is 1. The molecule has 2 aromatic rings. The number of hydrogen-bond acceptors (Lipinski definition) is 3. The van der Waals surface area contributed by atoms with E-state index in [1.165, 1.54) is 38.3 Å². The summed E-state index contributed by atoms with van der Waals surface area (Å²) in [5.74, 6) is -0.860. The van der Waals surface area contributed by atoms with Gasteiger partial charge in [0.2, 0.25) is 5.91 Å². The van der Waals surface area contributed by atoms with Gasteiger partial charge >= 0.3 is 0 Å². The number of carbonyl (C=O) groups excluding carboxylic acids is 1. The van der Waals surface area contributed by atoms with Crippen LogP contribution in [0.1, 0.15) is 11.1 Å². The maximum atomic E-state index is 13.7. The second-order valence-corrected chi connectivity index (χ2v) is 5.91. The Bertz CT molecular complexity index is 840. The Morgan fingerprint density at radius 2 is 1.92 bits per heavy atom. The van der Waals surface area contributed by atoms with Crippen molar-refractivity contribution in [2.45, 2.75) is 6.54 Å². The molecule has 0 bridgehead atoms. The minimum Gasteiger partial charge on any atom is -0.493 e. The first-order valence-corrected chi connectivity index (χ1v) is 8.02. The molecule has 0 N–H and O–H groups in total. The molecule has 0 aromatic heterocycles. The lowest BCUT2D eigenvalue weighted by Gasteiger charge is -2.15. The molecule has 4 nitrogen and oxygen atoms in total. The van der Waals surface area contributed by atoms with Crippen molar-refractivity contribution in [2.24, 2.45) is 0 Å². The number of halogens is 3. The number of ether oxygens (including phenoxy) is 2. The van der Waals surface area contributed by atoms with Gasteiger partial charge in [0.25, 0.3) is 0 Å². The van der Waals surface area contributed by atoms with Gasteiger partial charge < -0.3 is 14.4 Å². The lowest BCUT2D eigenvalue weighted by atomic mass is 10.1. The highest BCUT2D eigenvalue weighted by atomic mass is 35.5. The molecule has 0 saturated heterocycles. The van der Waals surface area contributed by atoms with Crippen molar-refractivity contribution in [2.75, 3.05) is 21.3 Å². The Morgan fingerprint density at radius 1 is 1.19 bits per heavy atom. The molecular formula is C19H18ClF2NO3. The molecule has 1 amide bonds. The summed E-state index contributed by atoms with van der Waals surface area (Å²) in [6.45, 7) is 0.0158. The second-order valence-electron chi connectivity index (χ2n) is 5.50. The van der Waals surface area contributed by atoms with Crippen LogP contribution in [0.2, 0.25) is 5.02 Å². The summed E-state index contributed by atoms with van der Waals surface area (Å²) in [5.41, 5.74) is 0.868. The van der Waals surface area contributed by atoms with Gasteiger partial charge in [-0.3, -0.25) is 4.79 Å². The van der Waals surface area contributed by atoms with Gasteiger partial charge in [0.15, 0.2) is 11.5 Å². The fourth-order valence-corrected chi connectivity index (χ4v) is 2.61. The highest BCUT2D eigenvalue weighted by molar-refractivity contribution is 6.32. The number of carbonyl (C=O) groups is 1. The fourth-order valence-electron chi connectivity index (χ4n) is 2.31. The molecule has 0 spiro atoms. The normalized spacial score (nSPS) is 10.8.